The second kappa shape index (κ2) is 50.1. The molecule has 418 valence electrons. The zero-order valence-electron chi connectivity index (χ0n) is 46.0. The van der Waals surface area contributed by atoms with Crippen molar-refractivity contribution in [3.8, 4) is 0 Å². The Hall–Kier alpha value is -2.05. The monoisotopic (exact) mass is 1010 g/mol. The van der Waals surface area contributed by atoms with Gasteiger partial charge in [-0.05, 0) is 38.5 Å². The lowest BCUT2D eigenvalue weighted by atomic mass is 9.99. The summed E-state index contributed by atoms with van der Waals surface area (Å²) in [6, 6.07) is 0. The lowest BCUT2D eigenvalue weighted by molar-refractivity contribution is -0.298. The fourth-order valence-corrected chi connectivity index (χ4v) is 9.64. The normalized spacial score (nSPS) is 18.6. The number of hydrogen-bond acceptors (Lipinski definition) is 10. The van der Waals surface area contributed by atoms with Crippen molar-refractivity contribution in [3.05, 3.63) is 12.2 Å². The third kappa shape index (κ3) is 41.0. The number of aliphatic hydroxyl groups excluding tert-OH is 3. The van der Waals surface area contributed by atoms with Gasteiger partial charge in [0.1, 0.15) is 24.9 Å². The number of ether oxygens (including phenoxy) is 4. The van der Waals surface area contributed by atoms with Gasteiger partial charge < -0.3 is 39.4 Å². The molecular weight excluding hydrogens is 897 g/mol. The Bertz CT molecular complexity index is 1230. The molecule has 4 N–H and O–H groups in total. The average molecular weight is 1010 g/mol. The van der Waals surface area contributed by atoms with E-state index in [1.165, 1.54) is 225 Å². The molecule has 0 amide bonds. The lowest BCUT2D eigenvalue weighted by Gasteiger charge is -2.38. The maximum absolute atomic E-state index is 12.9. The quantitative estimate of drug-likeness (QED) is 0.0260. The van der Waals surface area contributed by atoms with E-state index in [2.05, 4.69) is 26.0 Å². The van der Waals surface area contributed by atoms with E-state index in [0.29, 0.717) is 12.8 Å². The van der Waals surface area contributed by atoms with Crippen molar-refractivity contribution in [2.24, 2.45) is 0 Å². The molecule has 71 heavy (non-hydrogen) atoms. The van der Waals surface area contributed by atoms with Gasteiger partial charge in [-0.2, -0.15) is 0 Å². The van der Waals surface area contributed by atoms with Crippen LogP contribution in [0.5, 0.6) is 0 Å². The highest BCUT2D eigenvalue weighted by molar-refractivity contribution is 5.73. The third-order valence-electron chi connectivity index (χ3n) is 14.4. The van der Waals surface area contributed by atoms with Crippen molar-refractivity contribution in [2.45, 2.75) is 340 Å². The maximum Gasteiger partial charge on any atom is 0.335 e. The van der Waals surface area contributed by atoms with Gasteiger partial charge in [-0.25, -0.2) is 4.79 Å². The van der Waals surface area contributed by atoms with Crippen LogP contribution >= 0.6 is 0 Å². The van der Waals surface area contributed by atoms with Gasteiger partial charge in [0.25, 0.3) is 0 Å². The molecule has 0 aromatic carbocycles. The predicted octanol–water partition coefficient (Wildman–Crippen LogP) is 15.5. The number of allylic oxidation sites excluding steroid dienone is 2. The molecule has 0 bridgehead atoms. The fourth-order valence-electron chi connectivity index (χ4n) is 9.64. The molecule has 1 aliphatic heterocycles. The molecule has 0 aliphatic carbocycles. The van der Waals surface area contributed by atoms with E-state index in [1.54, 1.807) is 0 Å². The molecule has 6 unspecified atom stereocenters. The maximum atomic E-state index is 12.9. The van der Waals surface area contributed by atoms with Gasteiger partial charge in [0.2, 0.25) is 0 Å². The Morgan fingerprint density at radius 2 is 0.746 bits per heavy atom. The minimum absolute atomic E-state index is 0.190. The standard InChI is InChI=1S/C60H112O11/c1-3-5-7-9-11-13-15-17-19-21-23-25-27-29-30-32-34-36-38-40-42-44-46-48-53(61)68-50-52(51-69-60-57(65)55(63)56(64)58(71-60)59(66)67)70-54(62)49-47-45-43-41-39-37-35-33-31-28-26-24-22-20-18-16-14-12-10-8-6-4-2/h21,23,52,55-58,60,63-65H,3-20,22,24-51H2,1-2H3,(H,66,67)/b23-21-. The zero-order chi connectivity index (χ0) is 51.7. The predicted molar refractivity (Wildman–Crippen MR) is 289 cm³/mol. The highest BCUT2D eigenvalue weighted by Gasteiger charge is 2.47. The van der Waals surface area contributed by atoms with Crippen LogP contribution in [0, 0.1) is 0 Å². The van der Waals surface area contributed by atoms with Gasteiger partial charge in [-0.3, -0.25) is 9.59 Å². The minimum atomic E-state index is -1.86. The van der Waals surface area contributed by atoms with Crippen molar-refractivity contribution in [2.75, 3.05) is 13.2 Å². The second-order valence-corrected chi connectivity index (χ2v) is 21.2. The molecule has 0 saturated carbocycles. The van der Waals surface area contributed by atoms with E-state index >= 15 is 0 Å². The summed E-state index contributed by atoms with van der Waals surface area (Å²) in [5, 5.41) is 40.1. The van der Waals surface area contributed by atoms with Crippen molar-refractivity contribution in [3.63, 3.8) is 0 Å². The molecule has 1 fully saturated rings. The topological polar surface area (TPSA) is 169 Å². The largest absolute Gasteiger partial charge is 0.479 e. The SMILES string of the molecule is CCCCCCCCCC/C=C\CCCCCCCCCCCCCC(=O)OCC(COC1OC(C(=O)O)C(O)C(O)C1O)OC(=O)CCCCCCCCCCCCCCCCCCCCCCCC. The van der Waals surface area contributed by atoms with Crippen LogP contribution in [-0.4, -0.2) is 88.4 Å². The van der Waals surface area contributed by atoms with Gasteiger partial charge in [-0.1, -0.05) is 264 Å². The number of unbranched alkanes of at least 4 members (excludes halogenated alkanes) is 40. The summed E-state index contributed by atoms with van der Waals surface area (Å²) in [7, 11) is 0. The summed E-state index contributed by atoms with van der Waals surface area (Å²) in [5.41, 5.74) is 0. The molecule has 11 nitrogen and oxygen atoms in total. The van der Waals surface area contributed by atoms with Crippen LogP contribution in [0.2, 0.25) is 0 Å². The average Bonchev–Trinajstić information content (AvgIpc) is 3.36. The molecule has 1 aliphatic rings. The third-order valence-corrected chi connectivity index (χ3v) is 14.4. The second-order valence-electron chi connectivity index (χ2n) is 21.2. The van der Waals surface area contributed by atoms with Crippen molar-refractivity contribution in [1.82, 2.24) is 0 Å². The molecule has 11 heteroatoms. The first-order chi connectivity index (χ1) is 34.7. The summed E-state index contributed by atoms with van der Waals surface area (Å²) >= 11 is 0. The van der Waals surface area contributed by atoms with Gasteiger partial charge in [0.15, 0.2) is 18.5 Å². The van der Waals surface area contributed by atoms with Crippen molar-refractivity contribution < 1.29 is 53.8 Å². The number of rotatable bonds is 53. The number of carbonyl (C=O) groups is 3. The summed E-state index contributed by atoms with van der Waals surface area (Å²) in [4.78, 5) is 37.2. The highest BCUT2D eigenvalue weighted by Crippen LogP contribution is 2.24. The molecule has 0 aromatic heterocycles. The molecule has 1 saturated heterocycles. The van der Waals surface area contributed by atoms with Crippen LogP contribution in [0.4, 0.5) is 0 Å². The van der Waals surface area contributed by atoms with Gasteiger partial charge in [-0.15, -0.1) is 0 Å². The van der Waals surface area contributed by atoms with Gasteiger partial charge >= 0.3 is 17.9 Å². The van der Waals surface area contributed by atoms with E-state index in [-0.39, 0.29) is 26.1 Å². The Labute approximate surface area is 435 Å². The van der Waals surface area contributed by atoms with E-state index < -0.39 is 54.7 Å². The van der Waals surface area contributed by atoms with E-state index in [9.17, 15) is 34.8 Å². The molecule has 6 atom stereocenters. The lowest BCUT2D eigenvalue weighted by Crippen LogP contribution is -2.60. The fraction of sp³-hybridized carbons (Fsp3) is 0.917. The first-order valence-electron chi connectivity index (χ1n) is 30.2. The van der Waals surface area contributed by atoms with Gasteiger partial charge in [0.05, 0.1) is 6.61 Å². The van der Waals surface area contributed by atoms with E-state index in [4.69, 9.17) is 18.9 Å². The smallest absolute Gasteiger partial charge is 0.335 e. The van der Waals surface area contributed by atoms with Crippen LogP contribution in [0.15, 0.2) is 12.2 Å². The first-order valence-corrected chi connectivity index (χ1v) is 30.2. The number of carboxylic acids is 1. The molecule has 0 aromatic rings. The molecule has 1 heterocycles. The number of hydrogen-bond donors (Lipinski definition) is 4. The Morgan fingerprint density at radius 3 is 1.10 bits per heavy atom. The Balaban J connectivity index is 2.20. The van der Waals surface area contributed by atoms with Crippen molar-refractivity contribution >= 4 is 17.9 Å². The van der Waals surface area contributed by atoms with Crippen LogP contribution in [0.1, 0.15) is 303 Å². The summed E-state index contributed by atoms with van der Waals surface area (Å²) in [6.07, 6.45) is 49.9. The summed E-state index contributed by atoms with van der Waals surface area (Å²) < 4.78 is 21.9. The Morgan fingerprint density at radius 1 is 0.423 bits per heavy atom. The van der Waals surface area contributed by atoms with Crippen LogP contribution in [-0.2, 0) is 33.3 Å². The van der Waals surface area contributed by atoms with Crippen molar-refractivity contribution in [1.29, 1.82) is 0 Å². The Kier molecular flexibility index (Phi) is 47.3. The van der Waals surface area contributed by atoms with Crippen LogP contribution in [0.3, 0.4) is 0 Å². The highest BCUT2D eigenvalue weighted by atomic mass is 16.7. The number of esters is 2. The molecule has 1 rings (SSSR count). The number of aliphatic hydroxyl groups is 3. The summed E-state index contributed by atoms with van der Waals surface area (Å²) in [6.45, 7) is 3.89. The van der Waals surface area contributed by atoms with Crippen LogP contribution in [0.25, 0.3) is 0 Å². The number of carbonyl (C=O) groups excluding carboxylic acids is 2. The van der Waals surface area contributed by atoms with E-state index in [1.807, 2.05) is 0 Å². The minimum Gasteiger partial charge on any atom is -0.479 e. The number of carboxylic acid groups (broad SMARTS) is 1. The zero-order valence-corrected chi connectivity index (χ0v) is 46.0. The van der Waals surface area contributed by atoms with Gasteiger partial charge in [0, 0.05) is 12.8 Å². The number of aliphatic carboxylic acids is 1. The van der Waals surface area contributed by atoms with E-state index in [0.717, 1.165) is 38.5 Å². The van der Waals surface area contributed by atoms with Crippen LogP contribution < -0.4 is 0 Å². The summed E-state index contributed by atoms with van der Waals surface area (Å²) in [5.74, 6) is -2.42. The molecule has 0 radical (unpaired) electrons. The first kappa shape index (κ1) is 67.0. The molecule has 0 spiro atoms. The molecular formula is C60H112O11.